The predicted molar refractivity (Wildman–Crippen MR) is 88.6 cm³/mol. The fourth-order valence-corrected chi connectivity index (χ4v) is 3.99. The summed E-state index contributed by atoms with van der Waals surface area (Å²) in [5.74, 6) is 0.359. The van der Waals surface area contributed by atoms with Gasteiger partial charge in [-0.05, 0) is 31.9 Å². The van der Waals surface area contributed by atoms with Crippen LogP contribution in [0.4, 0.5) is 0 Å². The number of carbonyl (C=O) groups is 1. The van der Waals surface area contributed by atoms with Gasteiger partial charge in [-0.25, -0.2) is 9.97 Å². The van der Waals surface area contributed by atoms with Gasteiger partial charge in [0.1, 0.15) is 5.52 Å². The van der Waals surface area contributed by atoms with Gasteiger partial charge in [0.05, 0.1) is 10.6 Å². The van der Waals surface area contributed by atoms with Crippen LogP contribution in [0.15, 0.2) is 24.5 Å². The molecule has 0 aliphatic carbocycles. The van der Waals surface area contributed by atoms with Gasteiger partial charge in [-0.2, -0.15) is 5.10 Å². The summed E-state index contributed by atoms with van der Waals surface area (Å²) < 4.78 is 0. The zero-order chi connectivity index (χ0) is 15.8. The number of rotatable bonds is 2. The molecule has 1 fully saturated rings. The standard InChI is InChI=1S/C16H17N5OS/c1-10-4-5-12(23-10)16(22)21-8-2-3-11(9-21)13-14-15(20-19-13)18-7-6-17-14/h4-7,11H,2-3,8-9H2,1H3,(H,18,19,20)/t11-/m1/s1. The Morgan fingerprint density at radius 1 is 1.35 bits per heavy atom. The SMILES string of the molecule is Cc1ccc(C(=O)N2CCC[C@@H](c3[nH]nc4nccnc34)C2)s1. The van der Waals surface area contributed by atoms with Gasteiger partial charge >= 0.3 is 0 Å². The minimum absolute atomic E-state index is 0.128. The molecule has 1 saturated heterocycles. The third-order valence-electron chi connectivity index (χ3n) is 4.28. The van der Waals surface area contributed by atoms with Crippen molar-refractivity contribution in [3.05, 3.63) is 40.0 Å². The second kappa shape index (κ2) is 5.73. The highest BCUT2D eigenvalue weighted by Crippen LogP contribution is 2.30. The molecule has 0 radical (unpaired) electrons. The molecule has 0 aromatic carbocycles. The number of aromatic nitrogens is 4. The molecular formula is C16H17N5OS. The average molecular weight is 327 g/mol. The summed E-state index contributed by atoms with van der Waals surface area (Å²) >= 11 is 1.56. The van der Waals surface area contributed by atoms with Crippen LogP contribution in [-0.2, 0) is 0 Å². The lowest BCUT2D eigenvalue weighted by Crippen LogP contribution is -2.39. The number of fused-ring (bicyclic) bond motifs is 1. The molecule has 1 aliphatic heterocycles. The van der Waals surface area contributed by atoms with Crippen LogP contribution in [-0.4, -0.2) is 44.1 Å². The minimum atomic E-state index is 0.128. The number of hydrogen-bond donors (Lipinski definition) is 1. The largest absolute Gasteiger partial charge is 0.337 e. The molecule has 0 bridgehead atoms. The smallest absolute Gasteiger partial charge is 0.263 e. The van der Waals surface area contributed by atoms with Gasteiger partial charge in [0.15, 0.2) is 5.65 Å². The lowest BCUT2D eigenvalue weighted by Gasteiger charge is -2.32. The van der Waals surface area contributed by atoms with Gasteiger partial charge in [-0.1, -0.05) is 0 Å². The summed E-state index contributed by atoms with van der Waals surface area (Å²) in [5, 5.41) is 7.30. The van der Waals surface area contributed by atoms with E-state index < -0.39 is 0 Å². The summed E-state index contributed by atoms with van der Waals surface area (Å²) in [5.41, 5.74) is 2.45. The quantitative estimate of drug-likeness (QED) is 0.785. The molecule has 7 heteroatoms. The number of nitrogens with zero attached hydrogens (tertiary/aromatic N) is 4. The van der Waals surface area contributed by atoms with Gasteiger partial charge in [0.2, 0.25) is 0 Å². The second-order valence-electron chi connectivity index (χ2n) is 5.87. The van der Waals surface area contributed by atoms with Crippen molar-refractivity contribution in [3.63, 3.8) is 0 Å². The molecule has 4 heterocycles. The van der Waals surface area contributed by atoms with Gasteiger partial charge in [0, 0.05) is 36.3 Å². The Kier molecular flexibility index (Phi) is 3.57. The minimum Gasteiger partial charge on any atom is -0.337 e. The first-order valence-electron chi connectivity index (χ1n) is 7.73. The molecule has 1 aliphatic rings. The third kappa shape index (κ3) is 2.61. The second-order valence-corrected chi connectivity index (χ2v) is 7.15. The lowest BCUT2D eigenvalue weighted by molar-refractivity contribution is 0.0711. The number of thiophene rings is 1. The van der Waals surface area contributed by atoms with E-state index in [1.807, 2.05) is 24.0 Å². The monoisotopic (exact) mass is 327 g/mol. The van der Waals surface area contributed by atoms with E-state index in [0.717, 1.165) is 40.4 Å². The normalized spacial score (nSPS) is 18.5. The molecular weight excluding hydrogens is 310 g/mol. The Labute approximate surface area is 137 Å². The first-order chi connectivity index (χ1) is 11.2. The van der Waals surface area contributed by atoms with Crippen LogP contribution in [0, 0.1) is 6.92 Å². The summed E-state index contributed by atoms with van der Waals surface area (Å²) in [6.45, 7) is 3.53. The maximum absolute atomic E-state index is 12.7. The Hall–Kier alpha value is -2.28. The van der Waals surface area contributed by atoms with E-state index in [2.05, 4.69) is 20.2 Å². The van der Waals surface area contributed by atoms with E-state index in [0.29, 0.717) is 12.2 Å². The molecule has 3 aromatic rings. The van der Waals surface area contributed by atoms with Crippen LogP contribution in [0.2, 0.25) is 0 Å². The Balaban J connectivity index is 1.58. The number of likely N-dealkylation sites (tertiary alicyclic amines) is 1. The number of aromatic amines is 1. The van der Waals surface area contributed by atoms with Crippen molar-refractivity contribution in [3.8, 4) is 0 Å². The number of H-pyrrole nitrogens is 1. The Bertz CT molecular complexity index is 855. The van der Waals surface area contributed by atoms with Crippen molar-refractivity contribution in [2.75, 3.05) is 13.1 Å². The number of amides is 1. The van der Waals surface area contributed by atoms with E-state index in [1.165, 1.54) is 0 Å². The van der Waals surface area contributed by atoms with E-state index in [4.69, 9.17) is 0 Å². The van der Waals surface area contributed by atoms with Crippen LogP contribution < -0.4 is 0 Å². The highest BCUT2D eigenvalue weighted by Gasteiger charge is 2.28. The van der Waals surface area contributed by atoms with Crippen molar-refractivity contribution in [1.82, 2.24) is 25.1 Å². The number of nitrogens with one attached hydrogen (secondary N) is 1. The predicted octanol–water partition coefficient (Wildman–Crippen LogP) is 2.74. The van der Waals surface area contributed by atoms with Crippen LogP contribution in [0.25, 0.3) is 11.2 Å². The topological polar surface area (TPSA) is 74.8 Å². The van der Waals surface area contributed by atoms with Crippen LogP contribution >= 0.6 is 11.3 Å². The van der Waals surface area contributed by atoms with Crippen molar-refractivity contribution >= 4 is 28.4 Å². The molecule has 1 N–H and O–H groups in total. The van der Waals surface area contributed by atoms with Crippen molar-refractivity contribution in [2.24, 2.45) is 0 Å². The molecule has 23 heavy (non-hydrogen) atoms. The van der Waals surface area contributed by atoms with Gasteiger partial charge < -0.3 is 4.90 Å². The number of aryl methyl sites for hydroxylation is 1. The molecule has 118 valence electrons. The zero-order valence-electron chi connectivity index (χ0n) is 12.8. The molecule has 0 unspecified atom stereocenters. The number of hydrogen-bond acceptors (Lipinski definition) is 5. The first kappa shape index (κ1) is 14.3. The summed E-state index contributed by atoms with van der Waals surface area (Å²) in [6, 6.07) is 3.92. The maximum Gasteiger partial charge on any atom is 0.263 e. The van der Waals surface area contributed by atoms with Crippen LogP contribution in [0.5, 0.6) is 0 Å². The van der Waals surface area contributed by atoms with Crippen LogP contribution in [0.1, 0.15) is 39.0 Å². The molecule has 6 nitrogen and oxygen atoms in total. The van der Waals surface area contributed by atoms with Crippen LogP contribution in [0.3, 0.4) is 0 Å². The van der Waals surface area contributed by atoms with Gasteiger partial charge in [0.25, 0.3) is 5.91 Å². The Morgan fingerprint density at radius 2 is 2.22 bits per heavy atom. The molecule has 4 rings (SSSR count). The third-order valence-corrected chi connectivity index (χ3v) is 5.27. The summed E-state index contributed by atoms with van der Waals surface area (Å²) in [7, 11) is 0. The molecule has 1 atom stereocenters. The van der Waals surface area contributed by atoms with Gasteiger partial charge in [-0.3, -0.25) is 9.89 Å². The highest BCUT2D eigenvalue weighted by molar-refractivity contribution is 7.13. The molecule has 0 saturated carbocycles. The van der Waals surface area contributed by atoms with Crippen molar-refractivity contribution < 1.29 is 4.79 Å². The number of carbonyl (C=O) groups excluding carboxylic acids is 1. The van der Waals surface area contributed by atoms with Crippen molar-refractivity contribution in [2.45, 2.75) is 25.7 Å². The van der Waals surface area contributed by atoms with Gasteiger partial charge in [-0.15, -0.1) is 11.3 Å². The van der Waals surface area contributed by atoms with E-state index in [1.54, 1.807) is 23.7 Å². The fraction of sp³-hybridized carbons (Fsp3) is 0.375. The van der Waals surface area contributed by atoms with E-state index in [9.17, 15) is 4.79 Å². The van der Waals surface area contributed by atoms with Crippen molar-refractivity contribution in [1.29, 1.82) is 0 Å². The molecule has 1 amide bonds. The molecule has 0 spiro atoms. The molecule has 3 aromatic heterocycles. The lowest BCUT2D eigenvalue weighted by atomic mass is 9.94. The summed E-state index contributed by atoms with van der Waals surface area (Å²) in [6.07, 6.45) is 5.34. The zero-order valence-corrected chi connectivity index (χ0v) is 13.6. The summed E-state index contributed by atoms with van der Waals surface area (Å²) in [4.78, 5) is 25.2. The highest BCUT2D eigenvalue weighted by atomic mass is 32.1. The van der Waals surface area contributed by atoms with E-state index >= 15 is 0 Å². The number of piperidine rings is 1. The Morgan fingerprint density at radius 3 is 3.04 bits per heavy atom. The first-order valence-corrected chi connectivity index (χ1v) is 8.54. The van der Waals surface area contributed by atoms with E-state index in [-0.39, 0.29) is 11.8 Å². The fourth-order valence-electron chi connectivity index (χ4n) is 3.16. The maximum atomic E-state index is 12.7. The average Bonchev–Trinajstić information content (AvgIpc) is 3.20.